The van der Waals surface area contributed by atoms with Crippen LogP contribution in [-0.2, 0) is 0 Å². The van der Waals surface area contributed by atoms with E-state index in [2.05, 4.69) is 40.3 Å². The molecule has 1 unspecified atom stereocenters. The summed E-state index contributed by atoms with van der Waals surface area (Å²) < 4.78 is 13.6. The van der Waals surface area contributed by atoms with Gasteiger partial charge in [0.25, 0.3) is 5.91 Å². The topological polar surface area (TPSA) is 29.1 Å². The summed E-state index contributed by atoms with van der Waals surface area (Å²) in [7, 11) is 0. The number of amides is 1. The van der Waals surface area contributed by atoms with Crippen LogP contribution in [0, 0.1) is 5.82 Å². The van der Waals surface area contributed by atoms with E-state index in [-0.39, 0.29) is 10.4 Å². The number of carbonyl (C=O) groups is 1. The van der Waals surface area contributed by atoms with Crippen molar-refractivity contribution in [2.75, 3.05) is 6.54 Å². The van der Waals surface area contributed by atoms with Crippen LogP contribution in [0.5, 0.6) is 0 Å². The second kappa shape index (κ2) is 7.36. The summed E-state index contributed by atoms with van der Waals surface area (Å²) >= 11 is 3.10. The van der Waals surface area contributed by atoms with Gasteiger partial charge in [0.2, 0.25) is 0 Å². The molecule has 0 fully saturated rings. The van der Waals surface area contributed by atoms with Crippen molar-refractivity contribution in [2.45, 2.75) is 19.3 Å². The standard InChI is InChI=1S/C17H17BrFNO/c1-12(13-6-3-2-4-7-13)10-11-20-17(21)14-8-5-9-15(19)16(14)18/h2-9,12H,10-11H2,1H3,(H,20,21). The fraction of sp³-hybridized carbons (Fsp3) is 0.235. The number of halogens is 2. The summed E-state index contributed by atoms with van der Waals surface area (Å²) in [6, 6.07) is 14.6. The Kier molecular flexibility index (Phi) is 5.51. The van der Waals surface area contributed by atoms with Crippen LogP contribution in [-0.4, -0.2) is 12.5 Å². The smallest absolute Gasteiger partial charge is 0.252 e. The summed E-state index contributed by atoms with van der Waals surface area (Å²) in [5.74, 6) is -0.329. The maximum absolute atomic E-state index is 13.4. The lowest BCUT2D eigenvalue weighted by Crippen LogP contribution is -2.25. The summed E-state index contributed by atoms with van der Waals surface area (Å²) in [5, 5.41) is 2.83. The maximum Gasteiger partial charge on any atom is 0.252 e. The van der Waals surface area contributed by atoms with Crippen molar-refractivity contribution in [3.63, 3.8) is 0 Å². The summed E-state index contributed by atoms with van der Waals surface area (Å²) in [4.78, 5) is 12.0. The predicted octanol–water partition coefficient (Wildman–Crippen LogP) is 4.51. The molecular formula is C17H17BrFNO. The SMILES string of the molecule is CC(CCNC(=O)c1cccc(F)c1Br)c1ccccc1. The third-order valence-corrected chi connectivity index (χ3v) is 4.23. The van der Waals surface area contributed by atoms with E-state index in [0.717, 1.165) is 6.42 Å². The second-order valence-corrected chi connectivity index (χ2v) is 5.75. The third kappa shape index (κ3) is 4.14. The zero-order valence-electron chi connectivity index (χ0n) is 11.8. The van der Waals surface area contributed by atoms with Gasteiger partial charge in [-0.3, -0.25) is 4.79 Å². The van der Waals surface area contributed by atoms with Gasteiger partial charge in [0.05, 0.1) is 10.0 Å². The Morgan fingerprint density at radius 2 is 1.90 bits per heavy atom. The molecule has 0 saturated heterocycles. The van der Waals surface area contributed by atoms with Gasteiger partial charge in [-0.2, -0.15) is 0 Å². The van der Waals surface area contributed by atoms with Crippen molar-refractivity contribution in [1.29, 1.82) is 0 Å². The highest BCUT2D eigenvalue weighted by atomic mass is 79.9. The Bertz CT molecular complexity index is 615. The molecule has 0 aromatic heterocycles. The van der Waals surface area contributed by atoms with Crippen molar-refractivity contribution in [2.24, 2.45) is 0 Å². The lowest BCUT2D eigenvalue weighted by molar-refractivity contribution is 0.0951. The van der Waals surface area contributed by atoms with Crippen molar-refractivity contribution in [3.8, 4) is 0 Å². The lowest BCUT2D eigenvalue weighted by Gasteiger charge is -2.13. The predicted molar refractivity (Wildman–Crippen MR) is 85.9 cm³/mol. The molecule has 0 bridgehead atoms. The highest BCUT2D eigenvalue weighted by Gasteiger charge is 2.13. The summed E-state index contributed by atoms with van der Waals surface area (Å²) in [5.41, 5.74) is 1.57. The molecule has 0 radical (unpaired) electrons. The summed E-state index contributed by atoms with van der Waals surface area (Å²) in [6.45, 7) is 2.68. The second-order valence-electron chi connectivity index (χ2n) is 4.96. The average molecular weight is 350 g/mol. The molecule has 0 aliphatic heterocycles. The van der Waals surface area contributed by atoms with Gasteiger partial charge in [0, 0.05) is 6.54 Å². The first-order valence-electron chi connectivity index (χ1n) is 6.86. The highest BCUT2D eigenvalue weighted by molar-refractivity contribution is 9.10. The monoisotopic (exact) mass is 349 g/mol. The van der Waals surface area contributed by atoms with Gasteiger partial charge >= 0.3 is 0 Å². The zero-order chi connectivity index (χ0) is 15.2. The van der Waals surface area contributed by atoms with Crippen LogP contribution in [0.1, 0.15) is 35.2 Å². The van der Waals surface area contributed by atoms with E-state index in [4.69, 9.17) is 0 Å². The van der Waals surface area contributed by atoms with Crippen LogP contribution in [0.2, 0.25) is 0 Å². The number of hydrogen-bond donors (Lipinski definition) is 1. The molecule has 2 rings (SSSR count). The molecular weight excluding hydrogens is 333 g/mol. The number of benzene rings is 2. The zero-order valence-corrected chi connectivity index (χ0v) is 13.4. The van der Waals surface area contributed by atoms with E-state index in [1.807, 2.05) is 18.2 Å². The molecule has 0 saturated carbocycles. The fourth-order valence-electron chi connectivity index (χ4n) is 2.12. The Hall–Kier alpha value is -1.68. The summed E-state index contributed by atoms with van der Waals surface area (Å²) in [6.07, 6.45) is 0.836. The van der Waals surface area contributed by atoms with Crippen molar-refractivity contribution >= 4 is 21.8 Å². The van der Waals surface area contributed by atoms with Gasteiger partial charge in [-0.1, -0.05) is 43.3 Å². The largest absolute Gasteiger partial charge is 0.352 e. The lowest BCUT2D eigenvalue weighted by atomic mass is 9.98. The average Bonchev–Trinajstić information content (AvgIpc) is 2.50. The minimum Gasteiger partial charge on any atom is -0.352 e. The molecule has 1 atom stereocenters. The molecule has 21 heavy (non-hydrogen) atoms. The molecule has 2 aromatic carbocycles. The van der Waals surface area contributed by atoms with E-state index in [1.54, 1.807) is 6.07 Å². The third-order valence-electron chi connectivity index (χ3n) is 3.43. The molecule has 110 valence electrons. The highest BCUT2D eigenvalue weighted by Crippen LogP contribution is 2.21. The van der Waals surface area contributed by atoms with Crippen LogP contribution in [0.4, 0.5) is 4.39 Å². The number of rotatable bonds is 5. The van der Waals surface area contributed by atoms with E-state index in [9.17, 15) is 9.18 Å². The molecule has 0 aliphatic carbocycles. The van der Waals surface area contributed by atoms with E-state index < -0.39 is 5.82 Å². The van der Waals surface area contributed by atoms with E-state index in [1.165, 1.54) is 17.7 Å². The Morgan fingerprint density at radius 3 is 2.62 bits per heavy atom. The van der Waals surface area contributed by atoms with Crippen LogP contribution in [0.3, 0.4) is 0 Å². The first-order chi connectivity index (χ1) is 10.1. The van der Waals surface area contributed by atoms with Gasteiger partial charge < -0.3 is 5.32 Å². The Balaban J connectivity index is 1.89. The van der Waals surface area contributed by atoms with Crippen LogP contribution in [0.25, 0.3) is 0 Å². The molecule has 4 heteroatoms. The maximum atomic E-state index is 13.4. The van der Waals surface area contributed by atoms with Crippen molar-refractivity contribution in [3.05, 3.63) is 69.9 Å². The Labute approximate surface area is 132 Å². The van der Waals surface area contributed by atoms with Crippen LogP contribution >= 0.6 is 15.9 Å². The minimum absolute atomic E-state index is 0.207. The molecule has 2 aromatic rings. The number of carbonyl (C=O) groups excluding carboxylic acids is 1. The fourth-order valence-corrected chi connectivity index (χ4v) is 2.57. The van der Waals surface area contributed by atoms with Gasteiger partial charge in [-0.05, 0) is 46.0 Å². The Morgan fingerprint density at radius 1 is 1.19 bits per heavy atom. The molecule has 0 aliphatic rings. The van der Waals surface area contributed by atoms with Crippen molar-refractivity contribution in [1.82, 2.24) is 5.32 Å². The van der Waals surface area contributed by atoms with Gasteiger partial charge in [-0.25, -0.2) is 4.39 Å². The number of nitrogens with one attached hydrogen (secondary N) is 1. The first kappa shape index (κ1) is 15.7. The quantitative estimate of drug-likeness (QED) is 0.845. The van der Waals surface area contributed by atoms with Crippen LogP contribution in [0.15, 0.2) is 53.0 Å². The van der Waals surface area contributed by atoms with Gasteiger partial charge in [0.1, 0.15) is 5.82 Å². The molecule has 1 amide bonds. The van der Waals surface area contributed by atoms with E-state index >= 15 is 0 Å². The van der Waals surface area contributed by atoms with E-state index in [0.29, 0.717) is 18.0 Å². The van der Waals surface area contributed by atoms with Crippen LogP contribution < -0.4 is 5.32 Å². The minimum atomic E-state index is -0.430. The number of hydrogen-bond acceptors (Lipinski definition) is 1. The van der Waals surface area contributed by atoms with Gasteiger partial charge in [0.15, 0.2) is 0 Å². The molecule has 1 N–H and O–H groups in total. The molecule has 0 heterocycles. The molecule has 0 spiro atoms. The van der Waals surface area contributed by atoms with Gasteiger partial charge in [-0.15, -0.1) is 0 Å². The molecule has 2 nitrogen and oxygen atoms in total. The van der Waals surface area contributed by atoms with Crippen molar-refractivity contribution < 1.29 is 9.18 Å². The first-order valence-corrected chi connectivity index (χ1v) is 7.66. The normalized spacial score (nSPS) is 12.0.